The van der Waals surface area contributed by atoms with Gasteiger partial charge in [-0.2, -0.15) is 5.10 Å². The zero-order valence-electron chi connectivity index (χ0n) is 18.4. The van der Waals surface area contributed by atoms with E-state index in [9.17, 15) is 19.5 Å². The largest absolute Gasteiger partial charge is 0.481 e. The molecule has 0 bridgehead atoms. The number of carbonyl (C=O) groups excluding carboxylic acids is 2. The summed E-state index contributed by atoms with van der Waals surface area (Å²) in [5.74, 6) is -1.89. The van der Waals surface area contributed by atoms with Gasteiger partial charge in [-0.15, -0.1) is 0 Å². The molecule has 0 radical (unpaired) electrons. The van der Waals surface area contributed by atoms with Gasteiger partial charge >= 0.3 is 5.97 Å². The van der Waals surface area contributed by atoms with Crippen molar-refractivity contribution in [2.75, 3.05) is 19.6 Å². The third-order valence-electron chi connectivity index (χ3n) is 7.40. The molecule has 1 aromatic carbocycles. The van der Waals surface area contributed by atoms with E-state index in [-0.39, 0.29) is 42.8 Å². The number of carbonyl (C=O) groups is 3. The van der Waals surface area contributed by atoms with E-state index in [1.165, 1.54) is 0 Å². The summed E-state index contributed by atoms with van der Waals surface area (Å²) in [7, 11) is 0. The van der Waals surface area contributed by atoms with Gasteiger partial charge in [0.15, 0.2) is 0 Å². The van der Waals surface area contributed by atoms with Crippen LogP contribution in [-0.2, 0) is 27.5 Å². The highest BCUT2D eigenvalue weighted by Gasteiger charge is 2.65. The van der Waals surface area contributed by atoms with E-state index >= 15 is 0 Å². The lowest BCUT2D eigenvalue weighted by Gasteiger charge is -2.48. The topological polar surface area (TPSA) is 95.7 Å². The Hall–Kier alpha value is -3.16. The number of amides is 2. The van der Waals surface area contributed by atoms with Crippen molar-refractivity contribution in [1.29, 1.82) is 0 Å². The maximum absolute atomic E-state index is 13.3. The van der Waals surface area contributed by atoms with Crippen LogP contribution in [0, 0.1) is 22.7 Å². The highest BCUT2D eigenvalue weighted by Crippen LogP contribution is 2.54. The van der Waals surface area contributed by atoms with Crippen molar-refractivity contribution < 1.29 is 19.5 Å². The Morgan fingerprint density at radius 1 is 1.09 bits per heavy atom. The number of hydrogen-bond acceptors (Lipinski definition) is 4. The van der Waals surface area contributed by atoms with Crippen molar-refractivity contribution in [2.45, 2.75) is 33.4 Å². The lowest BCUT2D eigenvalue weighted by atomic mass is 9.70. The molecule has 32 heavy (non-hydrogen) atoms. The van der Waals surface area contributed by atoms with E-state index in [4.69, 9.17) is 0 Å². The van der Waals surface area contributed by atoms with Gasteiger partial charge in [0.25, 0.3) is 0 Å². The second-order valence-corrected chi connectivity index (χ2v) is 10.2. The number of hydrogen-bond donors (Lipinski definition) is 1. The molecule has 2 amide bonds. The predicted molar refractivity (Wildman–Crippen MR) is 115 cm³/mol. The smallest absolute Gasteiger partial charge is 0.309 e. The first-order valence-electron chi connectivity index (χ1n) is 11.1. The fourth-order valence-electron chi connectivity index (χ4n) is 5.21. The number of carboxylic acids is 1. The molecule has 3 aliphatic rings. The second-order valence-electron chi connectivity index (χ2n) is 10.2. The van der Waals surface area contributed by atoms with E-state index in [0.29, 0.717) is 13.1 Å². The highest BCUT2D eigenvalue weighted by atomic mass is 16.4. The number of likely N-dealkylation sites (tertiary alicyclic amines) is 2. The van der Waals surface area contributed by atoms with Gasteiger partial charge in [0.2, 0.25) is 11.8 Å². The number of rotatable bonds is 6. The lowest BCUT2D eigenvalue weighted by Crippen LogP contribution is -2.65. The quantitative estimate of drug-likeness (QED) is 0.746. The van der Waals surface area contributed by atoms with Crippen LogP contribution < -0.4 is 0 Å². The Morgan fingerprint density at radius 3 is 2.41 bits per heavy atom. The highest BCUT2D eigenvalue weighted by molar-refractivity contribution is 5.95. The third kappa shape index (κ3) is 3.38. The molecule has 1 aliphatic carbocycles. The molecular weight excluding hydrogens is 408 g/mol. The molecular formula is C24H28N4O4. The summed E-state index contributed by atoms with van der Waals surface area (Å²) in [6.07, 6.45) is 4.47. The first-order valence-corrected chi connectivity index (χ1v) is 11.1. The monoisotopic (exact) mass is 436 g/mol. The maximum Gasteiger partial charge on any atom is 0.309 e. The molecule has 0 unspecified atom stereocenters. The third-order valence-corrected chi connectivity index (χ3v) is 7.40. The number of carboxylic acid groups (broad SMARTS) is 1. The van der Waals surface area contributed by atoms with Gasteiger partial charge in [0.1, 0.15) is 0 Å². The van der Waals surface area contributed by atoms with Gasteiger partial charge in [-0.05, 0) is 17.4 Å². The van der Waals surface area contributed by atoms with Crippen LogP contribution in [0.1, 0.15) is 31.4 Å². The summed E-state index contributed by atoms with van der Waals surface area (Å²) in [6.45, 7) is 5.65. The van der Waals surface area contributed by atoms with Crippen molar-refractivity contribution in [3.05, 3.63) is 53.9 Å². The van der Waals surface area contributed by atoms with E-state index in [1.807, 2.05) is 41.2 Å². The molecule has 5 rings (SSSR count). The first kappa shape index (κ1) is 20.7. The van der Waals surface area contributed by atoms with Gasteiger partial charge in [0.05, 0.1) is 24.1 Å². The SMILES string of the molecule is CC1(C)C[C@@H]1C(=O)N1CC2(C1)C(=O)N(Cc1cnn(Cc3ccccc3)c1)C[C@H]2C(=O)O. The molecule has 1 saturated carbocycles. The first-order chi connectivity index (χ1) is 15.2. The van der Waals surface area contributed by atoms with Crippen LogP contribution in [0.5, 0.6) is 0 Å². The fourth-order valence-corrected chi connectivity index (χ4v) is 5.21. The van der Waals surface area contributed by atoms with Crippen molar-refractivity contribution in [3.8, 4) is 0 Å². The molecule has 1 aromatic heterocycles. The maximum atomic E-state index is 13.3. The molecule has 1 spiro atoms. The Balaban J connectivity index is 1.26. The summed E-state index contributed by atoms with van der Waals surface area (Å²) in [5.41, 5.74) is 1.00. The van der Waals surface area contributed by atoms with E-state index < -0.39 is 17.3 Å². The molecule has 8 heteroatoms. The van der Waals surface area contributed by atoms with Crippen LogP contribution in [0.4, 0.5) is 0 Å². The molecule has 3 heterocycles. The molecule has 2 aliphatic heterocycles. The van der Waals surface area contributed by atoms with Gasteiger partial charge in [0, 0.05) is 43.9 Å². The second kappa shape index (κ2) is 7.18. The zero-order chi connectivity index (χ0) is 22.7. The molecule has 2 saturated heterocycles. The van der Waals surface area contributed by atoms with Crippen LogP contribution in [0.3, 0.4) is 0 Å². The number of benzene rings is 1. The van der Waals surface area contributed by atoms with E-state index in [0.717, 1.165) is 17.5 Å². The van der Waals surface area contributed by atoms with Gasteiger partial charge < -0.3 is 14.9 Å². The van der Waals surface area contributed by atoms with Gasteiger partial charge in [-0.3, -0.25) is 19.1 Å². The van der Waals surface area contributed by atoms with Crippen LogP contribution in [-0.4, -0.2) is 62.1 Å². The van der Waals surface area contributed by atoms with Crippen molar-refractivity contribution in [2.24, 2.45) is 22.7 Å². The summed E-state index contributed by atoms with van der Waals surface area (Å²) in [6, 6.07) is 9.97. The standard InChI is InChI=1S/C24H28N4O4/c1-23(2)8-18(23)20(29)27-14-24(15-27)19(21(30)31)13-26(22(24)32)10-17-9-25-28(12-17)11-16-6-4-3-5-7-16/h3-7,9,12,18-19H,8,10-11,13-15H2,1-2H3,(H,30,31)/t18-,19+/m1/s1. The minimum absolute atomic E-state index is 0.00816. The van der Waals surface area contributed by atoms with Crippen LogP contribution in [0.15, 0.2) is 42.7 Å². The Bertz CT molecular complexity index is 1070. The molecule has 168 valence electrons. The minimum Gasteiger partial charge on any atom is -0.481 e. The van der Waals surface area contributed by atoms with E-state index in [1.54, 1.807) is 16.0 Å². The Labute approximate surface area is 186 Å². The van der Waals surface area contributed by atoms with Crippen LogP contribution >= 0.6 is 0 Å². The Morgan fingerprint density at radius 2 is 1.78 bits per heavy atom. The van der Waals surface area contributed by atoms with Gasteiger partial charge in [-0.1, -0.05) is 44.2 Å². The molecule has 1 N–H and O–H groups in total. The zero-order valence-corrected chi connectivity index (χ0v) is 18.4. The summed E-state index contributed by atoms with van der Waals surface area (Å²) in [5, 5.41) is 14.2. The number of aliphatic carboxylic acids is 1. The van der Waals surface area contributed by atoms with E-state index in [2.05, 4.69) is 18.9 Å². The summed E-state index contributed by atoms with van der Waals surface area (Å²) < 4.78 is 1.82. The van der Waals surface area contributed by atoms with Crippen molar-refractivity contribution >= 4 is 17.8 Å². The van der Waals surface area contributed by atoms with Crippen LogP contribution in [0.25, 0.3) is 0 Å². The average molecular weight is 437 g/mol. The molecule has 8 nitrogen and oxygen atoms in total. The molecule has 2 atom stereocenters. The number of nitrogens with zero attached hydrogens (tertiary/aromatic N) is 4. The lowest BCUT2D eigenvalue weighted by molar-refractivity contribution is -0.166. The van der Waals surface area contributed by atoms with Crippen molar-refractivity contribution in [1.82, 2.24) is 19.6 Å². The fraction of sp³-hybridized carbons (Fsp3) is 0.500. The Kier molecular flexibility index (Phi) is 4.65. The van der Waals surface area contributed by atoms with Gasteiger partial charge in [-0.25, -0.2) is 0 Å². The van der Waals surface area contributed by atoms with Crippen LogP contribution in [0.2, 0.25) is 0 Å². The van der Waals surface area contributed by atoms with Crippen molar-refractivity contribution in [3.63, 3.8) is 0 Å². The number of aromatic nitrogens is 2. The molecule has 2 aromatic rings. The average Bonchev–Trinajstić information content (AvgIpc) is 3.03. The summed E-state index contributed by atoms with van der Waals surface area (Å²) in [4.78, 5) is 41.3. The predicted octanol–water partition coefficient (Wildman–Crippen LogP) is 1.85. The molecule has 3 fully saturated rings. The normalized spacial score (nSPS) is 25.1. The minimum atomic E-state index is -0.999. The summed E-state index contributed by atoms with van der Waals surface area (Å²) >= 11 is 0.